The summed E-state index contributed by atoms with van der Waals surface area (Å²) in [7, 11) is 0. The van der Waals surface area contributed by atoms with Gasteiger partial charge in [0.15, 0.2) is 6.10 Å². The summed E-state index contributed by atoms with van der Waals surface area (Å²) in [5.41, 5.74) is 4.69. The quantitative estimate of drug-likeness (QED) is 0.656. The number of nitrogens with two attached hydrogens (primary N) is 1. The first-order chi connectivity index (χ1) is 5.47. The zero-order valence-corrected chi connectivity index (χ0v) is 6.40. The zero-order chi connectivity index (χ0) is 8.98. The number of hydrogen-bond acceptors (Lipinski definition) is 2. The first-order valence-electron chi connectivity index (χ1n) is 3.91. The lowest BCUT2D eigenvalue weighted by atomic mass is 9.72. The van der Waals surface area contributed by atoms with Crippen molar-refractivity contribution in [2.45, 2.75) is 30.7 Å². The van der Waals surface area contributed by atoms with E-state index in [0.717, 1.165) is 0 Å². The number of hydrogen-bond donors (Lipinski definition) is 1. The lowest BCUT2D eigenvalue weighted by molar-refractivity contribution is -0.215. The molecule has 70 valence electrons. The van der Waals surface area contributed by atoms with E-state index in [0.29, 0.717) is 12.8 Å². The maximum Gasteiger partial charge on any atom is 0.414 e. The maximum absolute atomic E-state index is 12.2. The van der Waals surface area contributed by atoms with Gasteiger partial charge >= 0.3 is 6.18 Å². The SMILES string of the molecule is NCC12CC(C1)C(C(F)(F)F)O2. The molecule has 2 saturated heterocycles. The van der Waals surface area contributed by atoms with Crippen LogP contribution < -0.4 is 5.73 Å². The lowest BCUT2D eigenvalue weighted by Gasteiger charge is -2.34. The Balaban J connectivity index is 2.08. The van der Waals surface area contributed by atoms with E-state index in [2.05, 4.69) is 0 Å². The second-order valence-electron chi connectivity index (χ2n) is 3.64. The monoisotopic (exact) mass is 181 g/mol. The van der Waals surface area contributed by atoms with Crippen molar-refractivity contribution in [3.63, 3.8) is 0 Å². The maximum atomic E-state index is 12.2. The van der Waals surface area contributed by atoms with Crippen LogP contribution in [0.4, 0.5) is 13.2 Å². The van der Waals surface area contributed by atoms with E-state index in [9.17, 15) is 13.2 Å². The summed E-state index contributed by atoms with van der Waals surface area (Å²) in [6, 6.07) is 0. The highest BCUT2D eigenvalue weighted by molar-refractivity contribution is 5.08. The highest BCUT2D eigenvalue weighted by atomic mass is 19.4. The lowest BCUT2D eigenvalue weighted by Crippen LogP contribution is -2.43. The fourth-order valence-electron chi connectivity index (χ4n) is 2.12. The Morgan fingerprint density at radius 2 is 2.00 bits per heavy atom. The largest absolute Gasteiger partial charge is 0.414 e. The minimum Gasteiger partial charge on any atom is -0.361 e. The van der Waals surface area contributed by atoms with Crippen LogP contribution in [0.1, 0.15) is 12.8 Å². The third-order valence-corrected chi connectivity index (χ3v) is 2.77. The van der Waals surface area contributed by atoms with Crippen LogP contribution in [0.15, 0.2) is 0 Å². The van der Waals surface area contributed by atoms with Crippen molar-refractivity contribution in [2.24, 2.45) is 11.7 Å². The number of rotatable bonds is 1. The normalized spacial score (nSPS) is 46.0. The third kappa shape index (κ3) is 0.959. The van der Waals surface area contributed by atoms with Gasteiger partial charge in [-0.15, -0.1) is 0 Å². The van der Waals surface area contributed by atoms with E-state index in [1.54, 1.807) is 0 Å². The van der Waals surface area contributed by atoms with Crippen molar-refractivity contribution in [3.8, 4) is 0 Å². The number of ether oxygens (including phenoxy) is 1. The van der Waals surface area contributed by atoms with Gasteiger partial charge in [-0.25, -0.2) is 0 Å². The molecule has 0 spiro atoms. The molecule has 0 aromatic heterocycles. The van der Waals surface area contributed by atoms with Crippen LogP contribution in [0.5, 0.6) is 0 Å². The van der Waals surface area contributed by atoms with Crippen LogP contribution in [-0.4, -0.2) is 24.4 Å². The summed E-state index contributed by atoms with van der Waals surface area (Å²) >= 11 is 0. The topological polar surface area (TPSA) is 35.2 Å². The molecule has 1 saturated carbocycles. The Labute approximate surface area is 67.9 Å². The van der Waals surface area contributed by atoms with Gasteiger partial charge in [0.25, 0.3) is 0 Å². The standard InChI is InChI=1S/C7H10F3NO/c8-7(9,10)5-4-1-6(2-4,3-11)12-5/h4-5H,1-3,11H2. The van der Waals surface area contributed by atoms with Crippen LogP contribution >= 0.6 is 0 Å². The fourth-order valence-corrected chi connectivity index (χ4v) is 2.12. The van der Waals surface area contributed by atoms with Crippen LogP contribution in [-0.2, 0) is 4.74 Å². The van der Waals surface area contributed by atoms with Crippen LogP contribution in [0.3, 0.4) is 0 Å². The molecule has 2 bridgehead atoms. The molecule has 12 heavy (non-hydrogen) atoms. The van der Waals surface area contributed by atoms with Gasteiger partial charge in [-0.05, 0) is 18.8 Å². The number of alkyl halides is 3. The molecule has 5 heteroatoms. The molecule has 1 atom stereocenters. The van der Waals surface area contributed by atoms with Crippen molar-refractivity contribution in [3.05, 3.63) is 0 Å². The Bertz CT molecular complexity index is 197. The van der Waals surface area contributed by atoms with Crippen molar-refractivity contribution < 1.29 is 17.9 Å². The van der Waals surface area contributed by atoms with Gasteiger partial charge in [0.2, 0.25) is 0 Å². The second kappa shape index (κ2) is 2.14. The molecule has 0 radical (unpaired) electrons. The smallest absolute Gasteiger partial charge is 0.361 e. The Morgan fingerprint density at radius 1 is 1.42 bits per heavy atom. The molecular weight excluding hydrogens is 171 g/mol. The van der Waals surface area contributed by atoms with Crippen molar-refractivity contribution in [1.82, 2.24) is 0 Å². The first-order valence-corrected chi connectivity index (χ1v) is 3.91. The van der Waals surface area contributed by atoms with Gasteiger partial charge in [0.1, 0.15) is 0 Å². The van der Waals surface area contributed by atoms with Crippen LogP contribution in [0.2, 0.25) is 0 Å². The molecule has 2 heterocycles. The minimum absolute atomic E-state index is 0.204. The van der Waals surface area contributed by atoms with Crippen molar-refractivity contribution >= 4 is 0 Å². The van der Waals surface area contributed by atoms with Crippen molar-refractivity contribution in [2.75, 3.05) is 6.54 Å². The van der Waals surface area contributed by atoms with Gasteiger partial charge in [-0.1, -0.05) is 0 Å². The highest BCUT2D eigenvalue weighted by Gasteiger charge is 2.64. The zero-order valence-electron chi connectivity index (χ0n) is 6.40. The van der Waals surface area contributed by atoms with Crippen molar-refractivity contribution in [1.29, 1.82) is 0 Å². The van der Waals surface area contributed by atoms with Gasteiger partial charge in [0.05, 0.1) is 5.60 Å². The first kappa shape index (κ1) is 8.31. The van der Waals surface area contributed by atoms with Gasteiger partial charge < -0.3 is 10.5 Å². The van der Waals surface area contributed by atoms with Crippen LogP contribution in [0, 0.1) is 5.92 Å². The number of fused-ring (bicyclic) bond motifs is 1. The van der Waals surface area contributed by atoms with Crippen LogP contribution in [0.25, 0.3) is 0 Å². The Kier molecular flexibility index (Phi) is 1.48. The summed E-state index contributed by atoms with van der Waals surface area (Å²) in [5.74, 6) is -0.339. The third-order valence-electron chi connectivity index (χ3n) is 2.77. The number of halogens is 3. The molecule has 3 rings (SSSR count). The predicted molar refractivity (Wildman–Crippen MR) is 35.4 cm³/mol. The molecule has 3 aliphatic rings. The average Bonchev–Trinajstić information content (AvgIpc) is 2.36. The molecule has 2 nitrogen and oxygen atoms in total. The molecule has 1 unspecified atom stereocenters. The van der Waals surface area contributed by atoms with E-state index < -0.39 is 17.9 Å². The molecule has 0 aromatic carbocycles. The molecule has 1 aliphatic carbocycles. The summed E-state index contributed by atoms with van der Waals surface area (Å²) in [6.07, 6.45) is -4.81. The summed E-state index contributed by atoms with van der Waals surface area (Å²) < 4.78 is 41.4. The van der Waals surface area contributed by atoms with E-state index in [1.807, 2.05) is 0 Å². The molecule has 0 aromatic rings. The van der Waals surface area contributed by atoms with E-state index in [1.165, 1.54) is 0 Å². The predicted octanol–water partition coefficient (Wildman–Crippen LogP) is 1.05. The molecule has 2 aliphatic heterocycles. The van der Waals surface area contributed by atoms with Gasteiger partial charge in [0, 0.05) is 6.54 Å². The van der Waals surface area contributed by atoms with Gasteiger partial charge in [-0.3, -0.25) is 0 Å². The Morgan fingerprint density at radius 3 is 2.25 bits per heavy atom. The molecule has 0 amide bonds. The molecule has 3 fully saturated rings. The second-order valence-corrected chi connectivity index (χ2v) is 3.64. The summed E-state index contributed by atoms with van der Waals surface area (Å²) in [4.78, 5) is 0. The fraction of sp³-hybridized carbons (Fsp3) is 1.00. The molecule has 2 N–H and O–H groups in total. The summed E-state index contributed by atoms with van der Waals surface area (Å²) in [6.45, 7) is 0.204. The summed E-state index contributed by atoms with van der Waals surface area (Å²) in [5, 5.41) is 0. The van der Waals surface area contributed by atoms with E-state index in [4.69, 9.17) is 10.5 Å². The van der Waals surface area contributed by atoms with E-state index >= 15 is 0 Å². The van der Waals surface area contributed by atoms with Gasteiger partial charge in [-0.2, -0.15) is 13.2 Å². The van der Waals surface area contributed by atoms with E-state index in [-0.39, 0.29) is 12.5 Å². The Hall–Kier alpha value is -0.290. The average molecular weight is 181 g/mol. The molecular formula is C7H10F3NO. The highest BCUT2D eigenvalue weighted by Crippen LogP contribution is 2.55. The minimum atomic E-state index is -4.21.